The Hall–Kier alpha value is -11.3. The summed E-state index contributed by atoms with van der Waals surface area (Å²) in [6.07, 6.45) is 24.4. The Morgan fingerprint density at radius 2 is 0.851 bits per heavy atom. The number of anilines is 1. The smallest absolute Gasteiger partial charge is 0.382 e. The predicted molar refractivity (Wildman–Crippen MR) is 564 cm³/mol. The molecule has 0 saturated heterocycles. The third-order valence-electron chi connectivity index (χ3n) is 17.1. The van der Waals surface area contributed by atoms with E-state index >= 15 is 0 Å². The van der Waals surface area contributed by atoms with E-state index in [4.69, 9.17) is 24.7 Å². The summed E-state index contributed by atoms with van der Waals surface area (Å²) in [5.74, 6) is -0.467. The van der Waals surface area contributed by atoms with E-state index in [1.54, 1.807) is 33.8 Å². The van der Waals surface area contributed by atoms with Gasteiger partial charge in [-0.2, -0.15) is 19.1 Å². The third kappa shape index (κ3) is 56.8. The number of nitrogens with two attached hydrogens (primary N) is 1. The molecule has 0 unspecified atom stereocenters. The van der Waals surface area contributed by atoms with Crippen molar-refractivity contribution < 1.29 is 115 Å². The Labute approximate surface area is 895 Å². The van der Waals surface area contributed by atoms with Gasteiger partial charge in [-0.25, -0.2) is 0 Å². The molecule has 10 aromatic rings. The van der Waals surface area contributed by atoms with Gasteiger partial charge in [0.05, 0.1) is 128 Å². The van der Waals surface area contributed by atoms with Gasteiger partial charge in [0.15, 0.2) is 26.9 Å². The maximum Gasteiger partial charge on any atom is 1.00 e. The van der Waals surface area contributed by atoms with Crippen LogP contribution in [-0.4, -0.2) is 207 Å². The predicted octanol–water partition coefficient (Wildman–Crippen LogP) is 16.7. The van der Waals surface area contributed by atoms with E-state index in [0.717, 1.165) is 74.0 Å². The van der Waals surface area contributed by atoms with Crippen LogP contribution in [0.3, 0.4) is 0 Å². The summed E-state index contributed by atoms with van der Waals surface area (Å²) in [7, 11) is -4.36. The number of nitrogens with zero attached hydrogens (tertiary/aromatic N) is 26. The van der Waals surface area contributed by atoms with Gasteiger partial charge in [0.25, 0.3) is 0 Å². The fourth-order valence-corrected chi connectivity index (χ4v) is 14.1. The molecule has 10 aromatic heterocycles. The number of nitrogen functional groups attached to an aromatic ring is 1. The Morgan fingerprint density at radius 1 is 0.454 bits per heavy atom. The molecule has 5 N–H and O–H groups in total. The molecular weight excluding hydrogens is 2230 g/mol. The number of alkyl halides is 1. The number of aryl methyl sites for hydroxylation is 4. The molecule has 0 saturated carbocycles. The summed E-state index contributed by atoms with van der Waals surface area (Å²) in [6, 6.07) is 18.7. The number of allylic oxidation sites excluding steroid dienone is 4. The molecule has 60 heteroatoms. The van der Waals surface area contributed by atoms with Gasteiger partial charge >= 0.3 is 104 Å². The first kappa shape index (κ1) is 130. The van der Waals surface area contributed by atoms with E-state index in [1.807, 2.05) is 81.1 Å². The minimum Gasteiger partial charge on any atom is -0.382 e. The number of ether oxygens (including phenoxy) is 4. The molecule has 52 nitrogen and oxygen atoms in total. The minimum absolute atomic E-state index is 0. The topological polar surface area (TPSA) is 662 Å². The summed E-state index contributed by atoms with van der Waals surface area (Å²) in [5, 5.41) is 138. The van der Waals surface area contributed by atoms with E-state index in [2.05, 4.69) is 207 Å². The standard InChI is InChI=1S/C11H19N3O3Si.2C9H16IN3O3Si.C9H17N3O3Si.C9H11N3O2.C7H7N3O2.C7H11N3.2C5H5N3O2.C4H7Br.C3H3N3O2.C3H6.K/c1-5-10-8-11(14(15)16)12-13(10)9-17-6-7-18(2,3)4;2*1-17(2,3)5-4-16-7-12-8(10)6-9(11-12)13(14)15;1-16(2,3)7-6-15-8-11-5-4-9(10-11)12(13)14;1-3-5-6-11-8(4-2)7-9(10-11)12(13)14;11-10(12)7-5-6-3-1-2-4-9(6)8-7;8-7-5-6-3-1-2-4-10(6)9-7;2*1-2-4-3-5(7-6-4)8(9)10;1-2-3-4-5;7-6(8)3-1-2-4-5-3;1-3-2;/h5,8H,1,6-7,9H2,2-4H3;2*6H,4-5,7H2,1-3H3;4-5H,6-8H2,1-3H3;3-4,7H,1-2,5-6H2;1,3,5H,2,4H2;5H,1-4H2,(H2,8,9);2*2-3H,1H2,(H,6,7);2H,1,3-4H2;1-2H,(H,4,5);3H,1H2,2H3;/q;;;;;;;;;;;;+1. The quantitative estimate of drug-likeness (QED) is 0.00531. The second-order valence-corrected chi connectivity index (χ2v) is 59.1. The summed E-state index contributed by atoms with van der Waals surface area (Å²) in [4.78, 5) is 88.0. The number of fused-ring (bicyclic) bond motifs is 2. The van der Waals surface area contributed by atoms with Crippen molar-refractivity contribution in [3.8, 4) is 0 Å². The van der Waals surface area contributed by atoms with Crippen LogP contribution < -0.4 is 57.1 Å². The second-order valence-electron chi connectivity index (χ2n) is 33.6. The van der Waals surface area contributed by atoms with Crippen molar-refractivity contribution in [1.82, 2.24) is 99.1 Å². The normalized spacial score (nSPS) is 11.2. The summed E-state index contributed by atoms with van der Waals surface area (Å²) >= 11 is 7.25. The third-order valence-corrected chi connectivity index (χ3v) is 26.1. The van der Waals surface area contributed by atoms with Gasteiger partial charge in [0.2, 0.25) is 0 Å². The maximum absolute atomic E-state index is 10.6. The van der Waals surface area contributed by atoms with Crippen molar-refractivity contribution >= 4 is 182 Å². The van der Waals surface area contributed by atoms with Crippen LogP contribution in [0.2, 0.25) is 103 Å². The van der Waals surface area contributed by atoms with Crippen LogP contribution >= 0.6 is 61.1 Å². The molecule has 141 heavy (non-hydrogen) atoms. The fraction of sp³-hybridized carbons (Fsp3) is 0.432. The first-order chi connectivity index (χ1) is 65.7. The molecule has 0 spiro atoms. The monoisotopic (exact) mass is 2350 g/mol. The average molecular weight is 2350 g/mol. The Kier molecular flexibility index (Phi) is 63.3. The molecule has 0 radical (unpaired) electrons. The number of hydrogen-bond donors (Lipinski definition) is 4. The number of nitrogens with one attached hydrogen (secondary N) is 3. The molecule has 0 aliphatic carbocycles. The summed E-state index contributed by atoms with van der Waals surface area (Å²) in [6.45, 7) is 59.7. The Morgan fingerprint density at radius 3 is 1.18 bits per heavy atom. The summed E-state index contributed by atoms with van der Waals surface area (Å²) in [5.41, 5.74) is 9.84. The van der Waals surface area contributed by atoms with Crippen molar-refractivity contribution in [3.05, 3.63) is 276 Å². The first-order valence-corrected chi connectivity index (χ1v) is 60.6. The Balaban J connectivity index is 0.00000154. The molecule has 12 rings (SSSR count). The van der Waals surface area contributed by atoms with Crippen LogP contribution in [0.5, 0.6) is 0 Å². The molecule has 12 heterocycles. The fourth-order valence-electron chi connectivity index (χ4n) is 9.74. The van der Waals surface area contributed by atoms with E-state index in [1.165, 1.54) is 116 Å². The molecule has 0 aromatic carbocycles. The van der Waals surface area contributed by atoms with Gasteiger partial charge in [-0.05, 0) is 189 Å². The van der Waals surface area contributed by atoms with Gasteiger partial charge < -0.3 is 116 Å². The van der Waals surface area contributed by atoms with Crippen LogP contribution in [-0.2, 0) is 71.9 Å². The molecule has 766 valence electrons. The van der Waals surface area contributed by atoms with Crippen molar-refractivity contribution in [3.63, 3.8) is 0 Å². The van der Waals surface area contributed by atoms with Gasteiger partial charge in [0, 0.05) is 82.4 Å². The molecule has 0 atom stereocenters. The van der Waals surface area contributed by atoms with Crippen LogP contribution in [0.1, 0.15) is 73.2 Å². The van der Waals surface area contributed by atoms with Gasteiger partial charge in [-0.1, -0.05) is 160 Å². The molecular formula is C81H123BrI2KN30O22Si4+. The van der Waals surface area contributed by atoms with Crippen molar-refractivity contribution in [2.75, 3.05) is 37.5 Å². The Bertz CT molecular complexity index is 5470. The number of hydrogen-bond acceptors (Lipinski definition) is 33. The zero-order valence-corrected chi connectivity index (χ0v) is 94.5. The van der Waals surface area contributed by atoms with Crippen molar-refractivity contribution in [1.29, 1.82) is 0 Å². The number of nitro groups is 9. The molecule has 0 bridgehead atoms. The van der Waals surface area contributed by atoms with Crippen LogP contribution in [0, 0.1) is 98.4 Å². The van der Waals surface area contributed by atoms with Gasteiger partial charge in [0.1, 0.15) is 24.6 Å². The number of rotatable bonds is 38. The maximum atomic E-state index is 10.6. The van der Waals surface area contributed by atoms with Crippen LogP contribution in [0.4, 0.5) is 58.2 Å². The van der Waals surface area contributed by atoms with Crippen LogP contribution in [0.15, 0.2) is 143 Å². The van der Waals surface area contributed by atoms with Crippen molar-refractivity contribution in [2.45, 2.75) is 195 Å². The number of halogens is 3. The van der Waals surface area contributed by atoms with E-state index in [-0.39, 0.29) is 131 Å². The summed E-state index contributed by atoms with van der Waals surface area (Å²) < 4.78 is 34.4. The van der Waals surface area contributed by atoms with Crippen LogP contribution in [0.25, 0.3) is 30.4 Å². The van der Waals surface area contributed by atoms with Gasteiger partial charge in [-0.15, -0.1) is 49.1 Å². The first-order valence-electron chi connectivity index (χ1n) is 42.5. The number of aromatic amines is 3. The largest absolute Gasteiger partial charge is 1.00 e. The zero-order chi connectivity index (χ0) is 106. The van der Waals surface area contributed by atoms with E-state index in [0.29, 0.717) is 69.0 Å². The minimum atomic E-state index is -1.11. The molecule has 2 aliphatic rings. The molecule has 0 fully saturated rings. The number of H-pyrrole nitrogens is 3. The van der Waals surface area contributed by atoms with Crippen molar-refractivity contribution in [2.24, 2.45) is 0 Å². The number of aromatic nitrogens is 20. The SMILES string of the molecule is C=CC.C=CCCBr.C=CCCn1nc([N+](=O)[O-])cc1C=C.C=Cc1cc([N+](=O)[O-])[nH]n1.C=Cc1cc([N+](=O)[O-])[nH]n1.C=Cc1cc([N+](=O)[O-])nn1COCC[Si](C)(C)C.C[Si](C)(C)CCOCn1ccc([N+](=O)[O-])n1.C[Si](C)(C)CCOCn1nc([N+](=O)[O-])cc1I.C[Si](C)(C)CCOCn1nc([N+](=O)[O-])cc1I.Nc1cc2n(n1)CCCC2.O=[N+]([O-])c1cc2n(n1)CCC=C2.O=[N+]([O-])c1ccn[nH]1.[K+]. The second kappa shape index (κ2) is 68.8. The zero-order valence-electron chi connectivity index (χ0n) is 81.5. The van der Waals surface area contributed by atoms with E-state index in [9.17, 15) is 91.0 Å². The molecule has 0 amide bonds. The van der Waals surface area contributed by atoms with Gasteiger partial charge in [-0.3, -0.25) is 4.68 Å². The van der Waals surface area contributed by atoms with E-state index < -0.39 is 76.6 Å². The average Bonchev–Trinajstić information content (AvgIpc) is 1.70. The molecule has 2 aliphatic heterocycles.